The molecule has 74 valence electrons. The summed E-state index contributed by atoms with van der Waals surface area (Å²) in [6, 6.07) is 9.93. The van der Waals surface area contributed by atoms with Gasteiger partial charge in [0.15, 0.2) is 0 Å². The lowest BCUT2D eigenvalue weighted by molar-refractivity contribution is 0.881. The third-order valence-electron chi connectivity index (χ3n) is 2.06. The van der Waals surface area contributed by atoms with E-state index in [1.54, 1.807) is 0 Å². The topological polar surface area (TPSA) is 78.2 Å². The normalized spacial score (nSPS) is 9.80. The van der Waals surface area contributed by atoms with Gasteiger partial charge in [-0.2, -0.15) is 10.5 Å². The lowest BCUT2D eigenvalue weighted by Crippen LogP contribution is -1.86. The summed E-state index contributed by atoms with van der Waals surface area (Å²) in [6.45, 7) is 0. The standard InChI is InChI=1S/C10H9N5/c11-6-2-4-8-3-1-5-9(7-8)10-12-14-15-13-10/h1,3,5,7H,2,4H2,(H,12,13,14,15). The Morgan fingerprint density at radius 1 is 1.40 bits per heavy atom. The first-order valence-corrected chi connectivity index (χ1v) is 4.60. The molecular weight excluding hydrogens is 190 g/mol. The average molecular weight is 199 g/mol. The van der Waals surface area contributed by atoms with Crippen molar-refractivity contribution < 1.29 is 0 Å². The van der Waals surface area contributed by atoms with Crippen LogP contribution in [0.15, 0.2) is 24.3 Å². The molecule has 15 heavy (non-hydrogen) atoms. The molecular formula is C10H9N5. The molecule has 1 aromatic carbocycles. The zero-order chi connectivity index (χ0) is 10.5. The second-order valence-electron chi connectivity index (χ2n) is 3.09. The van der Waals surface area contributed by atoms with E-state index in [1.807, 2.05) is 24.3 Å². The number of tetrazole rings is 1. The van der Waals surface area contributed by atoms with Gasteiger partial charge in [-0.05, 0) is 23.3 Å². The Morgan fingerprint density at radius 2 is 2.33 bits per heavy atom. The van der Waals surface area contributed by atoms with E-state index in [4.69, 9.17) is 5.26 Å². The first-order valence-electron chi connectivity index (χ1n) is 4.60. The van der Waals surface area contributed by atoms with Gasteiger partial charge in [-0.1, -0.05) is 18.2 Å². The van der Waals surface area contributed by atoms with Gasteiger partial charge in [0.2, 0.25) is 5.82 Å². The zero-order valence-electron chi connectivity index (χ0n) is 8.01. The maximum absolute atomic E-state index is 8.49. The van der Waals surface area contributed by atoms with Crippen LogP contribution in [0.25, 0.3) is 11.4 Å². The Bertz CT molecular complexity index is 469. The molecule has 0 fully saturated rings. The van der Waals surface area contributed by atoms with E-state index in [1.165, 1.54) is 0 Å². The number of H-pyrrole nitrogens is 1. The van der Waals surface area contributed by atoms with E-state index < -0.39 is 0 Å². The Hall–Kier alpha value is -2.22. The molecule has 0 spiro atoms. The fourth-order valence-electron chi connectivity index (χ4n) is 1.35. The molecule has 0 radical (unpaired) electrons. The van der Waals surface area contributed by atoms with E-state index in [-0.39, 0.29) is 0 Å². The molecule has 5 nitrogen and oxygen atoms in total. The molecule has 2 aromatic rings. The van der Waals surface area contributed by atoms with E-state index in [0.717, 1.165) is 17.5 Å². The fraction of sp³-hybridized carbons (Fsp3) is 0.200. The van der Waals surface area contributed by atoms with Crippen LogP contribution in [-0.4, -0.2) is 20.6 Å². The summed E-state index contributed by atoms with van der Waals surface area (Å²) in [5, 5.41) is 22.2. The van der Waals surface area contributed by atoms with Gasteiger partial charge in [-0.25, -0.2) is 0 Å². The maximum atomic E-state index is 8.49. The third-order valence-corrected chi connectivity index (χ3v) is 2.06. The summed E-state index contributed by atoms with van der Waals surface area (Å²) in [5.74, 6) is 0.578. The minimum atomic E-state index is 0.524. The Labute approximate surface area is 86.7 Å². The van der Waals surface area contributed by atoms with E-state index >= 15 is 0 Å². The molecule has 0 aliphatic heterocycles. The molecule has 0 aliphatic carbocycles. The molecule has 0 unspecified atom stereocenters. The zero-order valence-corrected chi connectivity index (χ0v) is 8.01. The first-order chi connectivity index (χ1) is 7.40. The number of nitrogens with one attached hydrogen (secondary N) is 1. The summed E-state index contributed by atoms with van der Waals surface area (Å²) in [7, 11) is 0. The van der Waals surface area contributed by atoms with Crippen molar-refractivity contribution in [1.82, 2.24) is 20.6 Å². The molecule has 1 N–H and O–H groups in total. The Balaban J connectivity index is 2.24. The maximum Gasteiger partial charge on any atom is 0.204 e. The second-order valence-corrected chi connectivity index (χ2v) is 3.09. The van der Waals surface area contributed by atoms with Gasteiger partial charge in [-0.3, -0.25) is 0 Å². The molecule has 2 rings (SSSR count). The summed E-state index contributed by atoms with van der Waals surface area (Å²) in [6.07, 6.45) is 1.28. The van der Waals surface area contributed by atoms with Crippen molar-refractivity contribution in [3.63, 3.8) is 0 Å². The smallest absolute Gasteiger partial charge is 0.198 e. The largest absolute Gasteiger partial charge is 0.204 e. The van der Waals surface area contributed by atoms with Crippen LogP contribution in [0.5, 0.6) is 0 Å². The highest BCUT2D eigenvalue weighted by Crippen LogP contribution is 2.15. The highest BCUT2D eigenvalue weighted by molar-refractivity contribution is 5.54. The second kappa shape index (κ2) is 4.33. The van der Waals surface area contributed by atoms with Crippen molar-refractivity contribution in [2.24, 2.45) is 0 Å². The number of hydrogen-bond acceptors (Lipinski definition) is 4. The van der Waals surface area contributed by atoms with Gasteiger partial charge in [0.1, 0.15) is 0 Å². The summed E-state index contributed by atoms with van der Waals surface area (Å²) >= 11 is 0. The van der Waals surface area contributed by atoms with Gasteiger partial charge in [0.05, 0.1) is 6.07 Å². The SMILES string of the molecule is N#CCCc1cccc(-c2nn[nH]n2)c1. The minimum absolute atomic E-state index is 0.524. The molecule has 0 bridgehead atoms. The van der Waals surface area contributed by atoms with Crippen molar-refractivity contribution in [3.05, 3.63) is 29.8 Å². The van der Waals surface area contributed by atoms with Crippen LogP contribution in [0.3, 0.4) is 0 Å². The number of nitriles is 1. The molecule has 0 saturated heterocycles. The predicted octanol–water partition coefficient (Wildman–Crippen LogP) is 1.32. The van der Waals surface area contributed by atoms with Crippen molar-refractivity contribution >= 4 is 0 Å². The van der Waals surface area contributed by atoms with Crippen LogP contribution < -0.4 is 0 Å². The van der Waals surface area contributed by atoms with Gasteiger partial charge in [-0.15, -0.1) is 10.2 Å². The lowest BCUT2D eigenvalue weighted by Gasteiger charge is -1.99. The van der Waals surface area contributed by atoms with Crippen molar-refractivity contribution in [2.75, 3.05) is 0 Å². The molecule has 5 heteroatoms. The molecule has 1 aromatic heterocycles. The first kappa shape index (κ1) is 9.34. The van der Waals surface area contributed by atoms with Crippen LogP contribution >= 0.6 is 0 Å². The Morgan fingerprint density at radius 3 is 3.07 bits per heavy atom. The van der Waals surface area contributed by atoms with E-state index in [2.05, 4.69) is 26.7 Å². The van der Waals surface area contributed by atoms with Crippen molar-refractivity contribution in [3.8, 4) is 17.5 Å². The number of rotatable bonds is 3. The van der Waals surface area contributed by atoms with Crippen LogP contribution in [0.1, 0.15) is 12.0 Å². The summed E-state index contributed by atoms with van der Waals surface area (Å²) in [4.78, 5) is 0. The summed E-state index contributed by atoms with van der Waals surface area (Å²) in [5.41, 5.74) is 2.03. The van der Waals surface area contributed by atoms with Crippen LogP contribution in [-0.2, 0) is 6.42 Å². The number of nitrogens with zero attached hydrogens (tertiary/aromatic N) is 4. The molecule has 1 heterocycles. The summed E-state index contributed by atoms with van der Waals surface area (Å²) < 4.78 is 0. The van der Waals surface area contributed by atoms with E-state index in [9.17, 15) is 0 Å². The number of aryl methyl sites for hydroxylation is 1. The number of aromatic nitrogens is 4. The fourth-order valence-corrected chi connectivity index (χ4v) is 1.35. The lowest BCUT2D eigenvalue weighted by atomic mass is 10.1. The molecule has 0 saturated carbocycles. The third kappa shape index (κ3) is 2.17. The molecule has 0 atom stereocenters. The molecule has 0 amide bonds. The van der Waals surface area contributed by atoms with Gasteiger partial charge < -0.3 is 0 Å². The van der Waals surface area contributed by atoms with Crippen LogP contribution in [0.4, 0.5) is 0 Å². The van der Waals surface area contributed by atoms with Crippen molar-refractivity contribution in [1.29, 1.82) is 5.26 Å². The van der Waals surface area contributed by atoms with Gasteiger partial charge in [0.25, 0.3) is 0 Å². The van der Waals surface area contributed by atoms with Crippen LogP contribution in [0.2, 0.25) is 0 Å². The van der Waals surface area contributed by atoms with Gasteiger partial charge in [0, 0.05) is 12.0 Å². The molecule has 0 aliphatic rings. The number of hydrogen-bond donors (Lipinski definition) is 1. The van der Waals surface area contributed by atoms with E-state index in [0.29, 0.717) is 12.2 Å². The van der Waals surface area contributed by atoms with Crippen molar-refractivity contribution in [2.45, 2.75) is 12.8 Å². The predicted molar refractivity (Wildman–Crippen MR) is 53.5 cm³/mol. The number of benzene rings is 1. The number of aromatic amines is 1. The highest BCUT2D eigenvalue weighted by atomic mass is 15.5. The minimum Gasteiger partial charge on any atom is -0.198 e. The van der Waals surface area contributed by atoms with Crippen LogP contribution in [0, 0.1) is 11.3 Å². The average Bonchev–Trinajstić information content (AvgIpc) is 2.80. The highest BCUT2D eigenvalue weighted by Gasteiger charge is 2.02. The Kier molecular flexibility index (Phi) is 2.70. The quantitative estimate of drug-likeness (QED) is 0.808. The van der Waals surface area contributed by atoms with Gasteiger partial charge >= 0.3 is 0 Å². The monoisotopic (exact) mass is 199 g/mol.